The number of morpholine rings is 1. The second-order valence-electron chi connectivity index (χ2n) is 7.92. The van der Waals surface area contributed by atoms with Crippen LogP contribution in [0.5, 0.6) is 5.75 Å². The van der Waals surface area contributed by atoms with E-state index in [0.717, 1.165) is 38.4 Å². The fourth-order valence-corrected chi connectivity index (χ4v) is 4.57. The topological polar surface area (TPSA) is 48.0 Å². The first kappa shape index (κ1) is 18.4. The molecule has 150 valence electrons. The number of benzene rings is 2. The highest BCUT2D eigenvalue weighted by Crippen LogP contribution is 2.36. The molecule has 3 heterocycles. The van der Waals surface area contributed by atoms with Crippen molar-refractivity contribution in [2.24, 2.45) is 0 Å². The molecule has 2 fully saturated rings. The molecule has 0 amide bonds. The number of hydrogen-bond acceptors (Lipinski definition) is 5. The van der Waals surface area contributed by atoms with Crippen molar-refractivity contribution in [2.75, 3.05) is 32.8 Å². The average Bonchev–Trinajstić information content (AvgIpc) is 3.13. The van der Waals surface area contributed by atoms with E-state index < -0.39 is 0 Å². The summed E-state index contributed by atoms with van der Waals surface area (Å²) in [5.41, 5.74) is 3.58. The third-order valence-electron chi connectivity index (χ3n) is 6.07. The molecule has 0 aliphatic carbocycles. The van der Waals surface area contributed by atoms with Crippen molar-refractivity contribution >= 4 is 5.57 Å². The summed E-state index contributed by atoms with van der Waals surface area (Å²) < 4.78 is 5.55. The van der Waals surface area contributed by atoms with Crippen molar-refractivity contribution in [1.82, 2.24) is 15.1 Å². The van der Waals surface area contributed by atoms with Crippen LogP contribution in [0.3, 0.4) is 0 Å². The zero-order chi connectivity index (χ0) is 19.6. The number of phenols is 1. The Bertz CT molecular complexity index is 905. The van der Waals surface area contributed by atoms with E-state index >= 15 is 0 Å². The molecule has 2 saturated heterocycles. The smallest absolute Gasteiger partial charge is 0.115 e. The van der Waals surface area contributed by atoms with E-state index in [1.54, 1.807) is 6.07 Å². The van der Waals surface area contributed by atoms with Gasteiger partial charge >= 0.3 is 0 Å². The van der Waals surface area contributed by atoms with Crippen LogP contribution in [0.4, 0.5) is 0 Å². The van der Waals surface area contributed by atoms with Crippen LogP contribution in [-0.2, 0) is 4.74 Å². The highest BCUT2D eigenvalue weighted by Gasteiger charge is 2.41. The minimum Gasteiger partial charge on any atom is -0.508 e. The van der Waals surface area contributed by atoms with Gasteiger partial charge < -0.3 is 14.7 Å². The molecule has 0 radical (unpaired) electrons. The molecule has 3 aliphatic heterocycles. The maximum atomic E-state index is 10.0. The van der Waals surface area contributed by atoms with Crippen LogP contribution >= 0.6 is 0 Å². The van der Waals surface area contributed by atoms with Gasteiger partial charge in [0.25, 0.3) is 0 Å². The summed E-state index contributed by atoms with van der Waals surface area (Å²) in [6.07, 6.45) is 6.90. The number of aromatic hydroxyl groups is 1. The van der Waals surface area contributed by atoms with Crippen LogP contribution in [0.1, 0.15) is 17.2 Å². The molecule has 2 aromatic carbocycles. The predicted octanol–water partition coefficient (Wildman–Crippen LogP) is 2.98. The van der Waals surface area contributed by atoms with Gasteiger partial charge in [-0.25, -0.2) is 0 Å². The summed E-state index contributed by atoms with van der Waals surface area (Å²) in [6.45, 7) is 4.48. The predicted molar refractivity (Wildman–Crippen MR) is 114 cm³/mol. The molecule has 3 unspecified atom stereocenters. The standard InChI is InChI=1S/C24H27N3O2/c28-21-8-4-7-19(15-21)24-22(17-26-11-13-29-14-12-26)27-16-20(9-10-23(27)25-24)18-5-2-1-3-6-18/h1-10,15-16,22-25,28H,11-14,17H2. The van der Waals surface area contributed by atoms with E-state index in [-0.39, 0.29) is 18.2 Å². The monoisotopic (exact) mass is 389 g/mol. The van der Waals surface area contributed by atoms with Gasteiger partial charge in [0.1, 0.15) is 5.75 Å². The van der Waals surface area contributed by atoms with Gasteiger partial charge in [0.15, 0.2) is 0 Å². The highest BCUT2D eigenvalue weighted by molar-refractivity contribution is 5.75. The molecule has 0 saturated carbocycles. The highest BCUT2D eigenvalue weighted by atomic mass is 16.5. The molecule has 0 spiro atoms. The largest absolute Gasteiger partial charge is 0.508 e. The summed E-state index contributed by atoms with van der Waals surface area (Å²) in [6, 6.07) is 18.6. The lowest BCUT2D eigenvalue weighted by Crippen LogP contribution is -2.46. The lowest BCUT2D eigenvalue weighted by molar-refractivity contribution is 0.0278. The molecule has 0 aromatic heterocycles. The van der Waals surface area contributed by atoms with Gasteiger partial charge in [0, 0.05) is 25.8 Å². The number of ether oxygens (including phenoxy) is 1. The van der Waals surface area contributed by atoms with Crippen LogP contribution in [0, 0.1) is 0 Å². The zero-order valence-electron chi connectivity index (χ0n) is 16.4. The fourth-order valence-electron chi connectivity index (χ4n) is 4.57. The third kappa shape index (κ3) is 3.81. The normalized spacial score (nSPS) is 27.0. The summed E-state index contributed by atoms with van der Waals surface area (Å²) in [5.74, 6) is 0.315. The van der Waals surface area contributed by atoms with Gasteiger partial charge in [-0.3, -0.25) is 10.2 Å². The minimum absolute atomic E-state index is 0.144. The molecule has 5 nitrogen and oxygen atoms in total. The molecule has 5 heteroatoms. The van der Waals surface area contributed by atoms with Gasteiger partial charge in [-0.2, -0.15) is 0 Å². The zero-order valence-corrected chi connectivity index (χ0v) is 16.4. The number of rotatable bonds is 4. The van der Waals surface area contributed by atoms with Crippen LogP contribution in [0.25, 0.3) is 5.57 Å². The van der Waals surface area contributed by atoms with Gasteiger partial charge in [-0.15, -0.1) is 0 Å². The van der Waals surface area contributed by atoms with E-state index in [2.05, 4.69) is 69.9 Å². The lowest BCUT2D eigenvalue weighted by atomic mass is 9.98. The van der Waals surface area contributed by atoms with E-state index in [1.807, 2.05) is 12.1 Å². The lowest BCUT2D eigenvalue weighted by Gasteiger charge is -2.36. The molecule has 29 heavy (non-hydrogen) atoms. The molecule has 5 rings (SSSR count). The van der Waals surface area contributed by atoms with Crippen molar-refractivity contribution in [3.63, 3.8) is 0 Å². The molecule has 2 N–H and O–H groups in total. The summed E-state index contributed by atoms with van der Waals surface area (Å²) in [4.78, 5) is 4.94. The summed E-state index contributed by atoms with van der Waals surface area (Å²) in [7, 11) is 0. The number of fused-ring (bicyclic) bond motifs is 1. The van der Waals surface area contributed by atoms with Crippen molar-refractivity contribution in [3.05, 3.63) is 84.1 Å². The third-order valence-corrected chi connectivity index (χ3v) is 6.07. The Balaban J connectivity index is 1.47. The molecular formula is C24H27N3O2. The Hall–Kier alpha value is -2.60. The molecular weight excluding hydrogens is 362 g/mol. The van der Waals surface area contributed by atoms with Gasteiger partial charge in [-0.1, -0.05) is 48.5 Å². The first-order chi connectivity index (χ1) is 14.3. The number of hydrogen-bond donors (Lipinski definition) is 2. The Morgan fingerprint density at radius 2 is 1.86 bits per heavy atom. The van der Waals surface area contributed by atoms with Gasteiger partial charge in [0.05, 0.1) is 31.5 Å². The summed E-state index contributed by atoms with van der Waals surface area (Å²) in [5, 5.41) is 13.8. The Morgan fingerprint density at radius 3 is 2.66 bits per heavy atom. The second-order valence-corrected chi connectivity index (χ2v) is 7.92. The van der Waals surface area contributed by atoms with Crippen molar-refractivity contribution in [2.45, 2.75) is 18.2 Å². The SMILES string of the molecule is Oc1cccc(C2NC3C=CC(c4ccccc4)=CN3C2CN2CCOCC2)c1. The first-order valence-electron chi connectivity index (χ1n) is 10.4. The molecule has 2 aromatic rings. The van der Waals surface area contributed by atoms with Crippen molar-refractivity contribution in [1.29, 1.82) is 0 Å². The second kappa shape index (κ2) is 8.03. The molecule has 0 bridgehead atoms. The van der Waals surface area contributed by atoms with Crippen LogP contribution in [-0.4, -0.2) is 60.0 Å². The quantitative estimate of drug-likeness (QED) is 0.842. The number of phenolic OH excluding ortho intramolecular Hbond substituents is 1. The van der Waals surface area contributed by atoms with Crippen LogP contribution in [0.15, 0.2) is 72.9 Å². The minimum atomic E-state index is 0.144. The van der Waals surface area contributed by atoms with Crippen LogP contribution in [0.2, 0.25) is 0 Å². The van der Waals surface area contributed by atoms with E-state index in [0.29, 0.717) is 5.75 Å². The molecule has 3 aliphatic rings. The first-order valence-corrected chi connectivity index (χ1v) is 10.4. The molecule has 3 atom stereocenters. The van der Waals surface area contributed by atoms with Crippen molar-refractivity contribution < 1.29 is 9.84 Å². The number of allylic oxidation sites excluding steroid dienone is 2. The maximum absolute atomic E-state index is 10.0. The summed E-state index contributed by atoms with van der Waals surface area (Å²) >= 11 is 0. The maximum Gasteiger partial charge on any atom is 0.115 e. The van der Waals surface area contributed by atoms with Crippen LogP contribution < -0.4 is 5.32 Å². The Kier molecular flexibility index (Phi) is 5.10. The van der Waals surface area contributed by atoms with E-state index in [9.17, 15) is 5.11 Å². The Morgan fingerprint density at radius 1 is 1.03 bits per heavy atom. The fraction of sp³-hybridized carbons (Fsp3) is 0.333. The van der Waals surface area contributed by atoms with E-state index in [4.69, 9.17) is 4.74 Å². The van der Waals surface area contributed by atoms with E-state index in [1.165, 1.54) is 11.1 Å². The van der Waals surface area contributed by atoms with Gasteiger partial charge in [-0.05, 0) is 34.9 Å². The van der Waals surface area contributed by atoms with Gasteiger partial charge in [0.2, 0.25) is 0 Å². The number of nitrogens with one attached hydrogen (secondary N) is 1. The van der Waals surface area contributed by atoms with Crippen molar-refractivity contribution in [3.8, 4) is 5.75 Å². The number of nitrogens with zero attached hydrogens (tertiary/aromatic N) is 2. The Labute approximate surface area is 171 Å². The average molecular weight is 389 g/mol.